The highest BCUT2D eigenvalue weighted by molar-refractivity contribution is 6.06. The zero-order valence-corrected chi connectivity index (χ0v) is 14.1. The Labute approximate surface area is 139 Å². The largest absolute Gasteiger partial charge is 0.481 e. The summed E-state index contributed by atoms with van der Waals surface area (Å²) in [5.74, 6) is 0.365. The first kappa shape index (κ1) is 15.9. The maximum Gasteiger partial charge on any atom is 0.252 e. The van der Waals surface area contributed by atoms with Crippen LogP contribution >= 0.6 is 0 Å². The molecule has 0 aromatic carbocycles. The van der Waals surface area contributed by atoms with Crippen molar-refractivity contribution in [3.05, 3.63) is 46.9 Å². The fourth-order valence-corrected chi connectivity index (χ4v) is 2.70. The first-order valence-corrected chi connectivity index (χ1v) is 7.57. The summed E-state index contributed by atoms with van der Waals surface area (Å²) in [6.07, 6.45) is 1.65. The Balaban J connectivity index is 1.88. The summed E-state index contributed by atoms with van der Waals surface area (Å²) in [4.78, 5) is 21.2. The second kappa shape index (κ2) is 6.27. The standard InChI is InChI=1S/C17H19N5O2/c1-10-7-13(15-11(2)21-22(3)16(15)20-10)17(23)19-9-12-5-6-18-14(8-12)24-4/h5-8H,9H2,1-4H3,(H,19,23). The number of methoxy groups -OCH3 is 1. The maximum atomic E-state index is 12.7. The van der Waals surface area contributed by atoms with Gasteiger partial charge in [-0.3, -0.25) is 9.48 Å². The van der Waals surface area contributed by atoms with E-state index in [-0.39, 0.29) is 5.91 Å². The zero-order chi connectivity index (χ0) is 17.3. The monoisotopic (exact) mass is 325 g/mol. The molecular formula is C17H19N5O2. The second-order valence-electron chi connectivity index (χ2n) is 5.61. The van der Waals surface area contributed by atoms with E-state index in [1.165, 1.54) is 0 Å². The van der Waals surface area contributed by atoms with Gasteiger partial charge in [-0.2, -0.15) is 5.10 Å². The van der Waals surface area contributed by atoms with Crippen molar-refractivity contribution in [2.45, 2.75) is 20.4 Å². The molecule has 3 aromatic rings. The van der Waals surface area contributed by atoms with Crippen LogP contribution in [0.4, 0.5) is 0 Å². The molecule has 0 radical (unpaired) electrons. The summed E-state index contributed by atoms with van der Waals surface area (Å²) in [5.41, 5.74) is 3.78. The predicted octanol–water partition coefficient (Wildman–Crippen LogP) is 1.92. The third-order valence-electron chi connectivity index (χ3n) is 3.80. The van der Waals surface area contributed by atoms with Crippen LogP contribution < -0.4 is 10.1 Å². The Morgan fingerprint density at radius 2 is 2.12 bits per heavy atom. The van der Waals surface area contributed by atoms with Gasteiger partial charge in [0.2, 0.25) is 5.88 Å². The van der Waals surface area contributed by atoms with Gasteiger partial charge >= 0.3 is 0 Å². The number of ether oxygens (including phenoxy) is 1. The first-order chi connectivity index (χ1) is 11.5. The zero-order valence-electron chi connectivity index (χ0n) is 14.1. The highest BCUT2D eigenvalue weighted by atomic mass is 16.5. The van der Waals surface area contributed by atoms with Crippen molar-refractivity contribution < 1.29 is 9.53 Å². The van der Waals surface area contributed by atoms with Crippen molar-refractivity contribution in [3.8, 4) is 5.88 Å². The van der Waals surface area contributed by atoms with Gasteiger partial charge in [0, 0.05) is 31.5 Å². The Morgan fingerprint density at radius 1 is 1.33 bits per heavy atom. The van der Waals surface area contributed by atoms with Crippen molar-refractivity contribution in [1.29, 1.82) is 0 Å². The number of fused-ring (bicyclic) bond motifs is 1. The van der Waals surface area contributed by atoms with Crippen molar-refractivity contribution in [2.24, 2.45) is 7.05 Å². The van der Waals surface area contributed by atoms with Crippen LogP contribution in [-0.4, -0.2) is 32.8 Å². The summed E-state index contributed by atoms with van der Waals surface area (Å²) < 4.78 is 6.79. The van der Waals surface area contributed by atoms with Crippen LogP contribution in [-0.2, 0) is 13.6 Å². The molecule has 0 spiro atoms. The number of aromatic nitrogens is 4. The molecule has 7 heteroatoms. The van der Waals surface area contributed by atoms with Crippen LogP contribution in [0.5, 0.6) is 5.88 Å². The average molecular weight is 325 g/mol. The van der Waals surface area contributed by atoms with Crippen molar-refractivity contribution in [3.63, 3.8) is 0 Å². The van der Waals surface area contributed by atoms with Gasteiger partial charge in [-0.1, -0.05) is 0 Å². The molecule has 24 heavy (non-hydrogen) atoms. The molecule has 0 aliphatic rings. The third-order valence-corrected chi connectivity index (χ3v) is 3.80. The van der Waals surface area contributed by atoms with Crippen molar-refractivity contribution >= 4 is 16.9 Å². The second-order valence-corrected chi connectivity index (χ2v) is 5.61. The number of carbonyl (C=O) groups excluding carboxylic acids is 1. The molecule has 3 rings (SSSR count). The Morgan fingerprint density at radius 3 is 2.88 bits per heavy atom. The van der Waals surface area contributed by atoms with Gasteiger partial charge < -0.3 is 10.1 Å². The van der Waals surface area contributed by atoms with Gasteiger partial charge in [0.15, 0.2) is 5.65 Å². The van der Waals surface area contributed by atoms with Gasteiger partial charge in [0.1, 0.15) is 0 Å². The summed E-state index contributed by atoms with van der Waals surface area (Å²) in [6, 6.07) is 5.42. The SMILES string of the molecule is COc1cc(CNC(=O)c2cc(C)nc3c2c(C)nn3C)ccn1. The van der Waals surface area contributed by atoms with Gasteiger partial charge in [0.25, 0.3) is 5.91 Å². The summed E-state index contributed by atoms with van der Waals surface area (Å²) in [7, 11) is 3.39. The Bertz CT molecular complexity index is 917. The number of aryl methyl sites for hydroxylation is 3. The molecule has 0 aliphatic carbocycles. The van der Waals surface area contributed by atoms with Crippen LogP contribution in [0.3, 0.4) is 0 Å². The molecule has 0 saturated carbocycles. The van der Waals surface area contributed by atoms with E-state index >= 15 is 0 Å². The van der Waals surface area contributed by atoms with Crippen LogP contribution in [0.15, 0.2) is 24.4 Å². The quantitative estimate of drug-likeness (QED) is 0.792. The lowest BCUT2D eigenvalue weighted by Crippen LogP contribution is -2.23. The van der Waals surface area contributed by atoms with Crippen LogP contribution in [0.1, 0.15) is 27.3 Å². The highest BCUT2D eigenvalue weighted by Gasteiger charge is 2.17. The fraction of sp³-hybridized carbons (Fsp3) is 0.294. The molecule has 1 amide bonds. The van der Waals surface area contributed by atoms with Crippen molar-refractivity contribution in [2.75, 3.05) is 7.11 Å². The number of carbonyl (C=O) groups is 1. The third kappa shape index (κ3) is 2.92. The smallest absolute Gasteiger partial charge is 0.252 e. The molecule has 0 unspecified atom stereocenters. The molecule has 1 N–H and O–H groups in total. The molecular weight excluding hydrogens is 306 g/mol. The average Bonchev–Trinajstić information content (AvgIpc) is 2.86. The van der Waals surface area contributed by atoms with Gasteiger partial charge in [-0.15, -0.1) is 0 Å². The van der Waals surface area contributed by atoms with E-state index in [0.717, 1.165) is 22.3 Å². The topological polar surface area (TPSA) is 81.9 Å². The van der Waals surface area contributed by atoms with E-state index in [0.29, 0.717) is 23.6 Å². The number of nitrogens with zero attached hydrogens (tertiary/aromatic N) is 4. The minimum absolute atomic E-state index is 0.155. The molecule has 0 saturated heterocycles. The molecule has 7 nitrogen and oxygen atoms in total. The number of rotatable bonds is 4. The lowest BCUT2D eigenvalue weighted by molar-refractivity contribution is 0.0952. The maximum absolute atomic E-state index is 12.7. The minimum Gasteiger partial charge on any atom is -0.481 e. The highest BCUT2D eigenvalue weighted by Crippen LogP contribution is 2.21. The molecule has 0 aliphatic heterocycles. The summed E-state index contributed by atoms with van der Waals surface area (Å²) in [6.45, 7) is 4.13. The number of hydrogen-bond acceptors (Lipinski definition) is 5. The molecule has 0 bridgehead atoms. The summed E-state index contributed by atoms with van der Waals surface area (Å²) >= 11 is 0. The van der Waals surface area contributed by atoms with Crippen LogP contribution in [0.2, 0.25) is 0 Å². The van der Waals surface area contributed by atoms with Gasteiger partial charge in [-0.05, 0) is 31.5 Å². The van der Waals surface area contributed by atoms with E-state index in [9.17, 15) is 4.79 Å². The van der Waals surface area contributed by atoms with Crippen LogP contribution in [0, 0.1) is 13.8 Å². The Kier molecular flexibility index (Phi) is 4.16. The number of pyridine rings is 2. The molecule has 3 heterocycles. The molecule has 0 atom stereocenters. The first-order valence-electron chi connectivity index (χ1n) is 7.57. The van der Waals surface area contributed by atoms with Gasteiger partial charge in [0.05, 0.1) is 23.8 Å². The number of nitrogens with one attached hydrogen (secondary N) is 1. The fourth-order valence-electron chi connectivity index (χ4n) is 2.70. The van der Waals surface area contributed by atoms with E-state index in [1.807, 2.05) is 27.0 Å². The molecule has 124 valence electrons. The molecule has 0 fully saturated rings. The number of hydrogen-bond donors (Lipinski definition) is 1. The Hall–Kier alpha value is -2.96. The van der Waals surface area contributed by atoms with E-state index in [1.54, 1.807) is 30.1 Å². The van der Waals surface area contributed by atoms with Gasteiger partial charge in [-0.25, -0.2) is 9.97 Å². The van der Waals surface area contributed by atoms with E-state index < -0.39 is 0 Å². The van der Waals surface area contributed by atoms with E-state index in [4.69, 9.17) is 4.74 Å². The lowest BCUT2D eigenvalue weighted by Gasteiger charge is -2.08. The van der Waals surface area contributed by atoms with Crippen molar-refractivity contribution in [1.82, 2.24) is 25.1 Å². The van der Waals surface area contributed by atoms with Crippen LogP contribution in [0.25, 0.3) is 11.0 Å². The minimum atomic E-state index is -0.155. The predicted molar refractivity (Wildman–Crippen MR) is 89.9 cm³/mol. The lowest BCUT2D eigenvalue weighted by atomic mass is 10.1. The van der Waals surface area contributed by atoms with E-state index in [2.05, 4.69) is 20.4 Å². The molecule has 3 aromatic heterocycles. The summed E-state index contributed by atoms with van der Waals surface area (Å²) in [5, 5.41) is 8.09. The normalized spacial score (nSPS) is 10.8. The number of amides is 1.